The molecular weight excluding hydrogens is 291 g/mol. The zero-order valence-electron chi connectivity index (χ0n) is 11.3. The predicted molar refractivity (Wildman–Crippen MR) is 81.8 cm³/mol. The van der Waals surface area contributed by atoms with Gasteiger partial charge in [0, 0.05) is 17.1 Å². The number of nitrogens with two attached hydrogens (primary N) is 1. The Hall–Kier alpha value is -2.07. The second-order valence-corrected chi connectivity index (χ2v) is 5.53. The van der Waals surface area contributed by atoms with Crippen molar-refractivity contribution in [2.45, 2.75) is 19.4 Å². The Labute approximate surface area is 127 Å². The molecule has 0 fully saturated rings. The Morgan fingerprint density at radius 2 is 2.00 bits per heavy atom. The van der Waals surface area contributed by atoms with Crippen LogP contribution < -0.4 is 10.6 Å². The van der Waals surface area contributed by atoms with E-state index in [1.165, 1.54) is 12.1 Å². The average molecular weight is 305 g/mol. The van der Waals surface area contributed by atoms with Crippen LogP contribution in [0.3, 0.4) is 0 Å². The third-order valence-electron chi connectivity index (χ3n) is 3.68. The van der Waals surface area contributed by atoms with Crippen LogP contribution in [0, 0.1) is 5.82 Å². The zero-order chi connectivity index (χ0) is 15.0. The number of rotatable bonds is 2. The van der Waals surface area contributed by atoms with Crippen molar-refractivity contribution in [3.05, 3.63) is 58.4 Å². The van der Waals surface area contributed by atoms with Gasteiger partial charge in [0.25, 0.3) is 0 Å². The van der Waals surface area contributed by atoms with Crippen LogP contribution in [0.4, 0.5) is 15.8 Å². The number of hydrogen-bond acceptors (Lipinski definition) is 2. The van der Waals surface area contributed by atoms with E-state index in [0.29, 0.717) is 35.8 Å². The van der Waals surface area contributed by atoms with E-state index in [-0.39, 0.29) is 11.7 Å². The SMILES string of the molecule is Nc1ccc(Cl)cc1CN1C(=O)CCc2ccc(F)cc21. The lowest BCUT2D eigenvalue weighted by atomic mass is 10.00. The van der Waals surface area contributed by atoms with Gasteiger partial charge in [0.2, 0.25) is 5.91 Å². The quantitative estimate of drug-likeness (QED) is 0.863. The number of carbonyl (C=O) groups is 1. The van der Waals surface area contributed by atoms with Crippen molar-refractivity contribution in [2.24, 2.45) is 0 Å². The molecule has 2 N–H and O–H groups in total. The summed E-state index contributed by atoms with van der Waals surface area (Å²) in [6, 6.07) is 9.68. The van der Waals surface area contributed by atoms with Crippen LogP contribution in [-0.2, 0) is 17.8 Å². The summed E-state index contributed by atoms with van der Waals surface area (Å²) >= 11 is 5.98. The van der Waals surface area contributed by atoms with Gasteiger partial charge in [0.1, 0.15) is 5.82 Å². The molecule has 0 saturated carbocycles. The molecule has 0 aliphatic carbocycles. The summed E-state index contributed by atoms with van der Waals surface area (Å²) in [5, 5.41) is 0.558. The number of nitrogens with zero attached hydrogens (tertiary/aromatic N) is 1. The van der Waals surface area contributed by atoms with Gasteiger partial charge in [-0.3, -0.25) is 4.79 Å². The Morgan fingerprint density at radius 3 is 2.81 bits per heavy atom. The fourth-order valence-corrected chi connectivity index (χ4v) is 2.76. The Morgan fingerprint density at radius 1 is 1.19 bits per heavy atom. The van der Waals surface area contributed by atoms with Crippen LogP contribution in [0.25, 0.3) is 0 Å². The Balaban J connectivity index is 2.00. The van der Waals surface area contributed by atoms with Crippen LogP contribution in [0.1, 0.15) is 17.5 Å². The van der Waals surface area contributed by atoms with E-state index in [9.17, 15) is 9.18 Å². The molecule has 3 nitrogen and oxygen atoms in total. The van der Waals surface area contributed by atoms with Crippen LogP contribution in [-0.4, -0.2) is 5.91 Å². The fourth-order valence-electron chi connectivity index (χ4n) is 2.57. The van der Waals surface area contributed by atoms with Gasteiger partial charge in [-0.1, -0.05) is 17.7 Å². The first kappa shape index (κ1) is 13.9. The maximum absolute atomic E-state index is 13.5. The van der Waals surface area contributed by atoms with Crippen molar-refractivity contribution >= 4 is 28.9 Å². The summed E-state index contributed by atoms with van der Waals surface area (Å²) in [6.07, 6.45) is 1.05. The summed E-state index contributed by atoms with van der Waals surface area (Å²) in [6.45, 7) is 0.293. The van der Waals surface area contributed by atoms with Crippen LogP contribution in [0.5, 0.6) is 0 Å². The van der Waals surface area contributed by atoms with Gasteiger partial charge >= 0.3 is 0 Å². The number of anilines is 2. The molecular formula is C16H14ClFN2O. The van der Waals surface area contributed by atoms with Gasteiger partial charge in [0.05, 0.1) is 12.2 Å². The number of hydrogen-bond donors (Lipinski definition) is 1. The molecule has 21 heavy (non-hydrogen) atoms. The molecule has 2 aromatic carbocycles. The number of aryl methyl sites for hydroxylation is 1. The first-order chi connectivity index (χ1) is 10.0. The van der Waals surface area contributed by atoms with E-state index in [1.807, 2.05) is 0 Å². The second kappa shape index (κ2) is 5.37. The van der Waals surface area contributed by atoms with E-state index in [0.717, 1.165) is 11.1 Å². The molecule has 1 amide bonds. The normalized spacial score (nSPS) is 14.2. The molecule has 1 aliphatic heterocycles. The van der Waals surface area contributed by atoms with Crippen molar-refractivity contribution in [3.63, 3.8) is 0 Å². The van der Waals surface area contributed by atoms with Gasteiger partial charge in [-0.05, 0) is 47.9 Å². The third-order valence-corrected chi connectivity index (χ3v) is 3.92. The summed E-state index contributed by atoms with van der Waals surface area (Å²) in [5.41, 5.74) is 8.84. The van der Waals surface area contributed by atoms with Crippen LogP contribution in [0.15, 0.2) is 36.4 Å². The highest BCUT2D eigenvalue weighted by atomic mass is 35.5. The summed E-state index contributed by atoms with van der Waals surface area (Å²) < 4.78 is 13.5. The summed E-state index contributed by atoms with van der Waals surface area (Å²) in [7, 11) is 0. The Kier molecular flexibility index (Phi) is 3.55. The van der Waals surface area contributed by atoms with Gasteiger partial charge in [0.15, 0.2) is 0 Å². The van der Waals surface area contributed by atoms with Gasteiger partial charge in [-0.25, -0.2) is 4.39 Å². The molecule has 0 aromatic heterocycles. The van der Waals surface area contributed by atoms with Gasteiger partial charge < -0.3 is 10.6 Å². The van der Waals surface area contributed by atoms with Crippen molar-refractivity contribution in [1.29, 1.82) is 0 Å². The highest BCUT2D eigenvalue weighted by Gasteiger charge is 2.25. The van der Waals surface area contributed by atoms with E-state index in [2.05, 4.69) is 0 Å². The van der Waals surface area contributed by atoms with Crippen molar-refractivity contribution < 1.29 is 9.18 Å². The molecule has 1 aliphatic rings. The first-order valence-corrected chi connectivity index (χ1v) is 7.05. The highest BCUT2D eigenvalue weighted by molar-refractivity contribution is 6.30. The van der Waals surface area contributed by atoms with Gasteiger partial charge in [-0.2, -0.15) is 0 Å². The molecule has 0 atom stereocenters. The number of amides is 1. The molecule has 3 rings (SSSR count). The number of fused-ring (bicyclic) bond motifs is 1. The average Bonchev–Trinajstić information content (AvgIpc) is 2.46. The molecule has 0 spiro atoms. The van der Waals surface area contributed by atoms with E-state index in [4.69, 9.17) is 17.3 Å². The standard InChI is InChI=1S/C16H14ClFN2O/c17-12-3-5-14(19)11(7-12)9-20-15-8-13(18)4-1-10(15)2-6-16(20)21/h1,3-5,7-8H,2,6,9,19H2. The maximum Gasteiger partial charge on any atom is 0.227 e. The molecule has 108 valence electrons. The smallest absolute Gasteiger partial charge is 0.227 e. The maximum atomic E-state index is 13.5. The molecule has 0 radical (unpaired) electrons. The summed E-state index contributed by atoms with van der Waals surface area (Å²) in [4.78, 5) is 13.8. The lowest BCUT2D eigenvalue weighted by Crippen LogP contribution is -2.34. The number of halogens is 2. The molecule has 0 unspecified atom stereocenters. The topological polar surface area (TPSA) is 46.3 Å². The monoisotopic (exact) mass is 304 g/mol. The number of benzene rings is 2. The minimum absolute atomic E-state index is 0.0347. The van der Waals surface area contributed by atoms with E-state index < -0.39 is 0 Å². The fraction of sp³-hybridized carbons (Fsp3) is 0.188. The largest absolute Gasteiger partial charge is 0.398 e. The molecule has 5 heteroatoms. The predicted octanol–water partition coefficient (Wildman–Crippen LogP) is 3.54. The van der Waals surface area contributed by atoms with Crippen molar-refractivity contribution in [3.8, 4) is 0 Å². The molecule has 0 saturated heterocycles. The lowest BCUT2D eigenvalue weighted by Gasteiger charge is -2.30. The Bertz CT molecular complexity index is 717. The molecule has 2 aromatic rings. The third kappa shape index (κ3) is 2.72. The highest BCUT2D eigenvalue weighted by Crippen LogP contribution is 2.31. The number of nitrogen functional groups attached to an aromatic ring is 1. The number of carbonyl (C=O) groups excluding carboxylic acids is 1. The van der Waals surface area contributed by atoms with Crippen LogP contribution in [0.2, 0.25) is 5.02 Å². The minimum Gasteiger partial charge on any atom is -0.398 e. The molecule has 1 heterocycles. The van der Waals surface area contributed by atoms with Crippen molar-refractivity contribution in [1.82, 2.24) is 0 Å². The first-order valence-electron chi connectivity index (χ1n) is 6.67. The molecule has 0 bridgehead atoms. The van der Waals surface area contributed by atoms with E-state index in [1.54, 1.807) is 29.2 Å². The van der Waals surface area contributed by atoms with Crippen molar-refractivity contribution in [2.75, 3.05) is 10.6 Å². The van der Waals surface area contributed by atoms with Crippen LogP contribution >= 0.6 is 11.6 Å². The zero-order valence-corrected chi connectivity index (χ0v) is 12.0. The van der Waals surface area contributed by atoms with E-state index >= 15 is 0 Å². The van der Waals surface area contributed by atoms with Gasteiger partial charge in [-0.15, -0.1) is 0 Å². The minimum atomic E-state index is -0.354. The second-order valence-electron chi connectivity index (χ2n) is 5.10. The summed E-state index contributed by atoms with van der Waals surface area (Å²) in [5.74, 6) is -0.389. The lowest BCUT2D eigenvalue weighted by molar-refractivity contribution is -0.119.